The number of nitrogens with one attached hydrogen (secondary N) is 1. The van der Waals surface area contributed by atoms with Crippen molar-refractivity contribution in [2.75, 3.05) is 23.9 Å². The van der Waals surface area contributed by atoms with Crippen LogP contribution >= 0.6 is 0 Å². The zero-order valence-electron chi connectivity index (χ0n) is 22.2. The van der Waals surface area contributed by atoms with Crippen molar-refractivity contribution >= 4 is 31.7 Å². The number of benzene rings is 2. The maximum atomic E-state index is 13.9. The van der Waals surface area contributed by atoms with E-state index in [-0.39, 0.29) is 34.5 Å². The summed E-state index contributed by atoms with van der Waals surface area (Å²) in [7, 11) is -0.891. The molecule has 0 bridgehead atoms. The van der Waals surface area contributed by atoms with Crippen LogP contribution in [0.4, 0.5) is 16.2 Å². The van der Waals surface area contributed by atoms with E-state index in [2.05, 4.69) is 46.9 Å². The molecule has 1 aliphatic heterocycles. The number of aliphatic hydroxyl groups excluding tert-OH is 1. The van der Waals surface area contributed by atoms with E-state index in [9.17, 15) is 19.8 Å². The largest absolute Gasteiger partial charge is 0.540 e. The lowest BCUT2D eigenvalue weighted by Crippen LogP contribution is -2.50. The summed E-state index contributed by atoms with van der Waals surface area (Å²) in [6.45, 7) is 12.7. The Morgan fingerprint density at radius 3 is 2.19 bits per heavy atom. The molecule has 1 aliphatic rings. The number of anilines is 2. The van der Waals surface area contributed by atoms with Gasteiger partial charge in [-0.05, 0) is 40.7 Å². The normalized spacial score (nSPS) is 15.4. The second-order valence-electron chi connectivity index (χ2n) is 10.2. The fourth-order valence-corrected chi connectivity index (χ4v) is 11.0. The standard InChI is InChI=1S/C27H38N2O6Si/c1-16(2)36(17(3)4,18(5)6)35-25-14-22(28-27(32)33)21(13-24(25)34-7)26(31)29-20(15-30)12-19-10-8-9-11-23(19)29/h8-11,13-14,16-18,20,28,30H,12,15H2,1-7H3,(H,32,33)/t20-/m0/s1. The third-order valence-corrected chi connectivity index (χ3v) is 13.3. The molecule has 2 aromatic rings. The van der Waals surface area contributed by atoms with Crippen molar-refractivity contribution in [3.05, 3.63) is 47.5 Å². The zero-order chi connectivity index (χ0) is 26.8. The number of carbonyl (C=O) groups excluding carboxylic acids is 1. The molecule has 0 aliphatic carbocycles. The summed E-state index contributed by atoms with van der Waals surface area (Å²) in [6.07, 6.45) is -0.773. The molecule has 0 fully saturated rings. The van der Waals surface area contributed by atoms with Gasteiger partial charge in [0.05, 0.1) is 31.0 Å². The fraction of sp³-hybridized carbons (Fsp3) is 0.481. The number of carboxylic acid groups (broad SMARTS) is 1. The third kappa shape index (κ3) is 4.94. The smallest absolute Gasteiger partial charge is 0.409 e. The van der Waals surface area contributed by atoms with Crippen LogP contribution in [-0.4, -0.2) is 50.3 Å². The second kappa shape index (κ2) is 10.9. The molecule has 0 saturated heterocycles. The van der Waals surface area contributed by atoms with Crippen molar-refractivity contribution in [2.24, 2.45) is 0 Å². The van der Waals surface area contributed by atoms with E-state index < -0.39 is 26.4 Å². The highest BCUT2D eigenvalue weighted by atomic mass is 28.4. The first-order valence-corrected chi connectivity index (χ1v) is 14.5. The topological polar surface area (TPSA) is 108 Å². The minimum atomic E-state index is -2.40. The van der Waals surface area contributed by atoms with Crippen LogP contribution in [0.1, 0.15) is 57.5 Å². The molecule has 9 heteroatoms. The van der Waals surface area contributed by atoms with Crippen molar-refractivity contribution in [1.82, 2.24) is 0 Å². The van der Waals surface area contributed by atoms with E-state index in [1.54, 1.807) is 12.1 Å². The number of rotatable bonds is 9. The zero-order valence-corrected chi connectivity index (χ0v) is 23.2. The van der Waals surface area contributed by atoms with Crippen LogP contribution in [0.15, 0.2) is 36.4 Å². The van der Waals surface area contributed by atoms with E-state index in [0.717, 1.165) is 5.56 Å². The van der Waals surface area contributed by atoms with Crippen molar-refractivity contribution in [1.29, 1.82) is 0 Å². The van der Waals surface area contributed by atoms with E-state index >= 15 is 0 Å². The maximum Gasteiger partial charge on any atom is 0.409 e. The van der Waals surface area contributed by atoms with Gasteiger partial charge in [0.15, 0.2) is 5.75 Å². The molecule has 3 rings (SSSR count). The molecule has 196 valence electrons. The number of methoxy groups -OCH3 is 1. The SMILES string of the molecule is COc1cc(C(=O)N2c3ccccc3C[C@H]2CO)c(NC(=O)O)cc1O[Si](C(C)C)(C(C)C)C(C)C. The number of hydrogen-bond donors (Lipinski definition) is 3. The number of aliphatic hydroxyl groups is 1. The Kier molecular flexibility index (Phi) is 8.35. The number of carbonyl (C=O) groups is 2. The number of fused-ring (bicyclic) bond motifs is 1. The van der Waals surface area contributed by atoms with Gasteiger partial charge in [0.2, 0.25) is 0 Å². The van der Waals surface area contributed by atoms with Crippen molar-refractivity contribution < 1.29 is 29.0 Å². The summed E-state index contributed by atoms with van der Waals surface area (Å²) < 4.78 is 12.5. The van der Waals surface area contributed by atoms with Crippen molar-refractivity contribution in [3.63, 3.8) is 0 Å². The van der Waals surface area contributed by atoms with Crippen LogP contribution in [0.2, 0.25) is 16.6 Å². The highest BCUT2D eigenvalue weighted by Crippen LogP contribution is 2.46. The lowest BCUT2D eigenvalue weighted by atomic mass is 10.1. The summed E-state index contributed by atoms with van der Waals surface area (Å²) >= 11 is 0. The Labute approximate surface area is 214 Å². The average molecular weight is 515 g/mol. The molecule has 0 unspecified atom stereocenters. The molecule has 36 heavy (non-hydrogen) atoms. The lowest BCUT2D eigenvalue weighted by molar-refractivity contribution is 0.0968. The van der Waals surface area contributed by atoms with Gasteiger partial charge in [-0.3, -0.25) is 10.1 Å². The molecule has 3 N–H and O–H groups in total. The molecule has 1 heterocycles. The van der Waals surface area contributed by atoms with Crippen LogP contribution < -0.4 is 19.4 Å². The van der Waals surface area contributed by atoms with Gasteiger partial charge in [-0.1, -0.05) is 59.7 Å². The second-order valence-corrected chi connectivity index (χ2v) is 15.6. The first kappa shape index (κ1) is 27.5. The average Bonchev–Trinajstić information content (AvgIpc) is 3.19. The van der Waals surface area contributed by atoms with Crippen LogP contribution in [0.3, 0.4) is 0 Å². The van der Waals surface area contributed by atoms with E-state index in [1.807, 2.05) is 24.3 Å². The molecular formula is C27H38N2O6Si. The van der Waals surface area contributed by atoms with Gasteiger partial charge >= 0.3 is 6.09 Å². The Hall–Kier alpha value is -3.04. The molecule has 2 aromatic carbocycles. The van der Waals surface area contributed by atoms with Crippen LogP contribution in [-0.2, 0) is 6.42 Å². The van der Waals surface area contributed by atoms with Gasteiger partial charge in [0.25, 0.3) is 14.2 Å². The molecule has 2 amide bonds. The first-order valence-electron chi connectivity index (χ1n) is 12.4. The molecule has 0 aromatic heterocycles. The van der Waals surface area contributed by atoms with E-state index in [0.29, 0.717) is 23.6 Å². The Morgan fingerprint density at radius 1 is 1.06 bits per heavy atom. The molecule has 8 nitrogen and oxygen atoms in total. The van der Waals surface area contributed by atoms with Gasteiger partial charge in [-0.15, -0.1) is 0 Å². The summed E-state index contributed by atoms with van der Waals surface area (Å²) in [4.78, 5) is 27.1. The van der Waals surface area contributed by atoms with E-state index in [1.165, 1.54) is 12.0 Å². The van der Waals surface area contributed by atoms with Crippen molar-refractivity contribution in [2.45, 2.75) is 70.6 Å². The molecular weight excluding hydrogens is 476 g/mol. The summed E-state index contributed by atoms with van der Waals surface area (Å²) in [5.41, 5.74) is 2.74. The predicted octanol–water partition coefficient (Wildman–Crippen LogP) is 5.90. The van der Waals surface area contributed by atoms with Gasteiger partial charge in [-0.2, -0.15) is 0 Å². The van der Waals surface area contributed by atoms with Gasteiger partial charge in [0.1, 0.15) is 5.75 Å². The monoisotopic (exact) mass is 514 g/mol. The minimum Gasteiger partial charge on any atom is -0.540 e. The third-order valence-electron chi connectivity index (χ3n) is 7.27. The quantitative estimate of drug-likeness (QED) is 0.359. The number of hydrogen-bond acceptors (Lipinski definition) is 5. The van der Waals surface area contributed by atoms with Gasteiger partial charge in [-0.25, -0.2) is 4.79 Å². The first-order chi connectivity index (χ1) is 17.0. The molecule has 0 radical (unpaired) electrons. The highest BCUT2D eigenvalue weighted by Gasteiger charge is 2.47. The molecule has 1 atom stereocenters. The number of para-hydroxylation sites is 1. The highest BCUT2D eigenvalue weighted by molar-refractivity contribution is 6.78. The summed E-state index contributed by atoms with van der Waals surface area (Å²) in [5, 5.41) is 22.0. The number of amides is 2. The predicted molar refractivity (Wildman–Crippen MR) is 144 cm³/mol. The molecule has 0 saturated carbocycles. The van der Waals surface area contributed by atoms with Crippen LogP contribution in [0, 0.1) is 0 Å². The summed E-state index contributed by atoms with van der Waals surface area (Å²) in [5.74, 6) is 0.356. The van der Waals surface area contributed by atoms with E-state index in [4.69, 9.17) is 9.16 Å². The minimum absolute atomic E-state index is 0.114. The number of nitrogens with zero attached hydrogens (tertiary/aromatic N) is 1. The van der Waals surface area contributed by atoms with Gasteiger partial charge < -0.3 is 24.3 Å². The molecule has 0 spiro atoms. The Morgan fingerprint density at radius 2 is 1.67 bits per heavy atom. The number of ether oxygens (including phenoxy) is 1. The summed E-state index contributed by atoms with van der Waals surface area (Å²) in [6, 6.07) is 10.1. The van der Waals surface area contributed by atoms with Gasteiger partial charge in [0, 0.05) is 11.8 Å². The van der Waals surface area contributed by atoms with Crippen LogP contribution in [0.25, 0.3) is 0 Å². The fourth-order valence-electron chi connectivity index (χ4n) is 5.75. The Balaban J connectivity index is 2.16. The lowest BCUT2D eigenvalue weighted by Gasteiger charge is -2.42. The van der Waals surface area contributed by atoms with Crippen LogP contribution in [0.5, 0.6) is 11.5 Å². The maximum absolute atomic E-state index is 13.9. The van der Waals surface area contributed by atoms with Crippen molar-refractivity contribution in [3.8, 4) is 11.5 Å². The Bertz CT molecular complexity index is 1100.